The highest BCUT2D eigenvalue weighted by molar-refractivity contribution is 6.08. The van der Waals surface area contributed by atoms with E-state index in [4.69, 9.17) is 4.74 Å². The first-order chi connectivity index (χ1) is 13.5. The fraction of sp³-hybridized carbons (Fsp3) is 0.286. The van der Waals surface area contributed by atoms with Crippen LogP contribution in [0.15, 0.2) is 48.5 Å². The second-order valence-corrected chi connectivity index (χ2v) is 7.09. The van der Waals surface area contributed by atoms with Crippen molar-refractivity contribution in [1.29, 1.82) is 0 Å². The third kappa shape index (κ3) is 2.98. The number of para-hydroxylation sites is 1. The Morgan fingerprint density at radius 1 is 1.18 bits per heavy atom. The number of anilines is 1. The van der Waals surface area contributed by atoms with Crippen LogP contribution in [0.4, 0.5) is 10.5 Å². The number of amides is 2. The SMILES string of the molecule is CC1c2cccc3c2N(C(=O)[C@H]1NC(=O)OCc1ccccc1)[C@H](C(=O)O)C3. The molecule has 144 valence electrons. The Balaban J connectivity index is 1.55. The average molecular weight is 380 g/mol. The van der Waals surface area contributed by atoms with Crippen molar-refractivity contribution in [3.05, 3.63) is 65.2 Å². The van der Waals surface area contributed by atoms with Gasteiger partial charge in [0, 0.05) is 12.3 Å². The summed E-state index contributed by atoms with van der Waals surface area (Å²) in [6, 6.07) is 13.0. The average Bonchev–Trinajstić information content (AvgIpc) is 3.09. The summed E-state index contributed by atoms with van der Waals surface area (Å²) in [7, 11) is 0. The number of hydrogen-bond donors (Lipinski definition) is 2. The minimum atomic E-state index is -1.06. The number of carboxylic acid groups (broad SMARTS) is 1. The molecule has 0 aromatic heterocycles. The van der Waals surface area contributed by atoms with Crippen molar-refractivity contribution in [2.24, 2.45) is 0 Å². The quantitative estimate of drug-likeness (QED) is 0.849. The Hall–Kier alpha value is -3.35. The van der Waals surface area contributed by atoms with E-state index in [2.05, 4.69) is 5.32 Å². The first-order valence-corrected chi connectivity index (χ1v) is 9.12. The van der Waals surface area contributed by atoms with E-state index in [0.29, 0.717) is 5.69 Å². The normalized spacial score (nSPS) is 22.5. The maximum atomic E-state index is 13.1. The molecule has 2 aromatic rings. The highest BCUT2D eigenvalue weighted by atomic mass is 16.5. The molecule has 1 unspecified atom stereocenters. The lowest BCUT2D eigenvalue weighted by molar-refractivity contribution is -0.140. The van der Waals surface area contributed by atoms with Crippen LogP contribution in [0.3, 0.4) is 0 Å². The van der Waals surface area contributed by atoms with Crippen molar-refractivity contribution in [2.75, 3.05) is 4.90 Å². The Labute approximate surface area is 161 Å². The van der Waals surface area contributed by atoms with Crippen LogP contribution in [-0.2, 0) is 27.4 Å². The lowest BCUT2D eigenvalue weighted by Crippen LogP contribution is -2.57. The van der Waals surface area contributed by atoms with Crippen LogP contribution < -0.4 is 10.2 Å². The van der Waals surface area contributed by atoms with Crippen LogP contribution >= 0.6 is 0 Å². The molecule has 0 saturated carbocycles. The molecule has 7 nitrogen and oxygen atoms in total. The van der Waals surface area contributed by atoms with E-state index in [9.17, 15) is 19.5 Å². The molecule has 0 fully saturated rings. The molecular formula is C21H20N2O5. The first kappa shape index (κ1) is 18.0. The van der Waals surface area contributed by atoms with E-state index in [1.54, 1.807) is 0 Å². The number of ether oxygens (including phenoxy) is 1. The zero-order valence-electron chi connectivity index (χ0n) is 15.3. The van der Waals surface area contributed by atoms with E-state index in [1.165, 1.54) is 4.90 Å². The first-order valence-electron chi connectivity index (χ1n) is 9.12. The molecule has 2 aliphatic rings. The van der Waals surface area contributed by atoms with E-state index in [1.807, 2.05) is 55.5 Å². The Kier molecular flexibility index (Phi) is 4.50. The van der Waals surface area contributed by atoms with E-state index in [-0.39, 0.29) is 18.9 Å². The van der Waals surface area contributed by atoms with Crippen LogP contribution in [0.2, 0.25) is 0 Å². The summed E-state index contributed by atoms with van der Waals surface area (Å²) in [5, 5.41) is 12.2. The van der Waals surface area contributed by atoms with Gasteiger partial charge in [-0.2, -0.15) is 0 Å². The summed E-state index contributed by atoms with van der Waals surface area (Å²) >= 11 is 0. The number of aliphatic carboxylic acids is 1. The van der Waals surface area contributed by atoms with Crippen molar-refractivity contribution >= 4 is 23.7 Å². The number of benzene rings is 2. The second kappa shape index (κ2) is 6.99. The van der Waals surface area contributed by atoms with Crippen molar-refractivity contribution < 1.29 is 24.2 Å². The van der Waals surface area contributed by atoms with Crippen LogP contribution in [-0.4, -0.2) is 35.2 Å². The van der Waals surface area contributed by atoms with Gasteiger partial charge in [-0.15, -0.1) is 0 Å². The van der Waals surface area contributed by atoms with Gasteiger partial charge in [0.15, 0.2) is 0 Å². The predicted molar refractivity (Wildman–Crippen MR) is 101 cm³/mol. The highest BCUT2D eigenvalue weighted by Crippen LogP contribution is 2.44. The number of carbonyl (C=O) groups is 3. The zero-order valence-corrected chi connectivity index (χ0v) is 15.3. The van der Waals surface area contributed by atoms with E-state index < -0.39 is 30.1 Å². The summed E-state index contributed by atoms with van der Waals surface area (Å²) in [6.07, 6.45) is -0.443. The van der Waals surface area contributed by atoms with Gasteiger partial charge in [0.05, 0.1) is 5.69 Å². The minimum absolute atomic E-state index is 0.0875. The number of carbonyl (C=O) groups excluding carboxylic acids is 2. The second-order valence-electron chi connectivity index (χ2n) is 7.09. The van der Waals surface area contributed by atoms with Gasteiger partial charge in [-0.25, -0.2) is 9.59 Å². The Morgan fingerprint density at radius 3 is 2.64 bits per heavy atom. The number of nitrogens with one attached hydrogen (secondary N) is 1. The summed E-state index contributed by atoms with van der Waals surface area (Å²) < 4.78 is 5.23. The highest BCUT2D eigenvalue weighted by Gasteiger charge is 2.48. The number of hydrogen-bond acceptors (Lipinski definition) is 4. The summed E-state index contributed by atoms with van der Waals surface area (Å²) in [5.74, 6) is -1.78. The van der Waals surface area contributed by atoms with Crippen molar-refractivity contribution in [3.63, 3.8) is 0 Å². The molecule has 0 radical (unpaired) electrons. The van der Waals surface area contributed by atoms with Gasteiger partial charge < -0.3 is 15.2 Å². The molecule has 2 N–H and O–H groups in total. The van der Waals surface area contributed by atoms with Crippen LogP contribution in [0.1, 0.15) is 29.5 Å². The third-order valence-corrected chi connectivity index (χ3v) is 5.38. The number of nitrogens with zero attached hydrogens (tertiary/aromatic N) is 1. The van der Waals surface area contributed by atoms with Crippen LogP contribution in [0.25, 0.3) is 0 Å². The van der Waals surface area contributed by atoms with Gasteiger partial charge >= 0.3 is 12.1 Å². The van der Waals surface area contributed by atoms with Gasteiger partial charge in [-0.3, -0.25) is 9.69 Å². The monoisotopic (exact) mass is 380 g/mol. The fourth-order valence-electron chi connectivity index (χ4n) is 3.98. The van der Waals surface area contributed by atoms with Crippen molar-refractivity contribution in [3.8, 4) is 0 Å². The zero-order chi connectivity index (χ0) is 19.8. The van der Waals surface area contributed by atoms with Crippen molar-refractivity contribution in [1.82, 2.24) is 5.32 Å². The Morgan fingerprint density at radius 2 is 1.93 bits per heavy atom. The molecule has 7 heteroatoms. The molecule has 0 spiro atoms. The summed E-state index contributed by atoms with van der Waals surface area (Å²) in [4.78, 5) is 38.4. The number of rotatable bonds is 4. The van der Waals surface area contributed by atoms with Gasteiger partial charge in [0.2, 0.25) is 0 Å². The maximum Gasteiger partial charge on any atom is 0.408 e. The number of carboxylic acids is 1. The molecule has 2 aromatic carbocycles. The van der Waals surface area contributed by atoms with E-state index >= 15 is 0 Å². The fourth-order valence-corrected chi connectivity index (χ4v) is 3.98. The summed E-state index contributed by atoms with van der Waals surface area (Å²) in [5.41, 5.74) is 3.20. The Bertz CT molecular complexity index is 943. The molecular weight excluding hydrogens is 360 g/mol. The van der Waals surface area contributed by atoms with Gasteiger partial charge in [-0.1, -0.05) is 55.5 Å². The lowest BCUT2D eigenvalue weighted by Gasteiger charge is -2.37. The topological polar surface area (TPSA) is 95.9 Å². The minimum Gasteiger partial charge on any atom is -0.480 e. The standard InChI is InChI=1S/C21H20N2O5/c1-12-15-9-5-8-14-10-16(20(25)26)23(18(14)15)19(24)17(12)22-21(27)28-11-13-6-3-2-4-7-13/h2-9,12,16-17H,10-11H2,1H3,(H,22,27)(H,25,26)/t12?,16-,17-/m0/s1. The van der Waals surface area contributed by atoms with Crippen LogP contribution in [0, 0.1) is 0 Å². The molecule has 2 amide bonds. The molecule has 2 heterocycles. The molecule has 0 bridgehead atoms. The molecule has 3 atom stereocenters. The van der Waals surface area contributed by atoms with Crippen molar-refractivity contribution in [2.45, 2.75) is 38.0 Å². The van der Waals surface area contributed by atoms with Gasteiger partial charge in [0.25, 0.3) is 5.91 Å². The smallest absolute Gasteiger partial charge is 0.408 e. The summed E-state index contributed by atoms with van der Waals surface area (Å²) in [6.45, 7) is 1.94. The van der Waals surface area contributed by atoms with Gasteiger partial charge in [0.1, 0.15) is 18.7 Å². The predicted octanol–water partition coefficient (Wildman–Crippen LogP) is 2.44. The van der Waals surface area contributed by atoms with E-state index in [0.717, 1.165) is 16.7 Å². The van der Waals surface area contributed by atoms with Gasteiger partial charge in [-0.05, 0) is 16.7 Å². The lowest BCUT2D eigenvalue weighted by atomic mass is 9.86. The van der Waals surface area contributed by atoms with Crippen LogP contribution in [0.5, 0.6) is 0 Å². The molecule has 4 rings (SSSR count). The molecule has 0 saturated heterocycles. The molecule has 2 aliphatic heterocycles. The third-order valence-electron chi connectivity index (χ3n) is 5.38. The molecule has 0 aliphatic carbocycles. The maximum absolute atomic E-state index is 13.1. The number of alkyl carbamates (subject to hydrolysis) is 1. The largest absolute Gasteiger partial charge is 0.480 e. The molecule has 28 heavy (non-hydrogen) atoms.